The second-order valence-electron chi connectivity index (χ2n) is 9.54. The van der Waals surface area contributed by atoms with Crippen LogP contribution >= 0.6 is 0 Å². The minimum atomic E-state index is -0.510. The first-order chi connectivity index (χ1) is 18.4. The highest BCUT2D eigenvalue weighted by atomic mass is 16.5. The van der Waals surface area contributed by atoms with Crippen molar-refractivity contribution in [2.24, 2.45) is 7.05 Å². The van der Waals surface area contributed by atoms with E-state index in [0.717, 1.165) is 41.7 Å². The number of likely N-dealkylation sites (N-methyl/N-ethyl adjacent to an activating group) is 1. The number of aryl methyl sites for hydroxylation is 1. The first kappa shape index (κ1) is 25.3. The molecule has 10 nitrogen and oxygen atoms in total. The molecule has 198 valence electrons. The van der Waals surface area contributed by atoms with E-state index in [1.54, 1.807) is 13.2 Å². The lowest BCUT2D eigenvalue weighted by Gasteiger charge is -2.22. The highest BCUT2D eigenvalue weighted by Crippen LogP contribution is 2.36. The average molecular weight is 516 g/mol. The Balaban J connectivity index is 1.48. The number of carbonyl (C=O) groups is 1. The van der Waals surface area contributed by atoms with Crippen LogP contribution in [0.3, 0.4) is 0 Å². The molecule has 38 heavy (non-hydrogen) atoms. The topological polar surface area (TPSA) is 120 Å². The lowest BCUT2D eigenvalue weighted by molar-refractivity contribution is 0.0601. The highest BCUT2D eigenvalue weighted by molar-refractivity contribution is 6.02. The molecule has 1 unspecified atom stereocenters. The van der Waals surface area contributed by atoms with Gasteiger partial charge in [0.25, 0.3) is 0 Å². The smallest absolute Gasteiger partial charge is 0.341 e. The van der Waals surface area contributed by atoms with Gasteiger partial charge < -0.3 is 35.3 Å². The molecular weight excluding hydrogens is 482 g/mol. The zero-order valence-electron chi connectivity index (χ0n) is 22.1. The van der Waals surface area contributed by atoms with Gasteiger partial charge in [0.2, 0.25) is 5.95 Å². The third kappa shape index (κ3) is 4.82. The quantitative estimate of drug-likeness (QED) is 0.233. The van der Waals surface area contributed by atoms with Crippen molar-refractivity contribution in [3.63, 3.8) is 0 Å². The second-order valence-corrected chi connectivity index (χ2v) is 9.54. The number of hydrogen-bond donors (Lipinski definition) is 3. The fourth-order valence-electron chi connectivity index (χ4n) is 5.04. The summed E-state index contributed by atoms with van der Waals surface area (Å²) in [4.78, 5) is 24.1. The monoisotopic (exact) mass is 515 g/mol. The number of para-hydroxylation sites is 1. The van der Waals surface area contributed by atoms with Crippen LogP contribution < -0.4 is 21.1 Å². The van der Waals surface area contributed by atoms with Crippen molar-refractivity contribution in [2.45, 2.75) is 18.9 Å². The number of fused-ring (bicyclic) bond motifs is 1. The first-order valence-corrected chi connectivity index (χ1v) is 12.6. The maximum atomic E-state index is 12.6. The van der Waals surface area contributed by atoms with Crippen LogP contribution in [0.25, 0.3) is 22.2 Å². The van der Waals surface area contributed by atoms with Gasteiger partial charge in [0, 0.05) is 54.6 Å². The molecule has 1 saturated heterocycles. The molecule has 10 heteroatoms. The summed E-state index contributed by atoms with van der Waals surface area (Å²) in [6.45, 7) is 1.92. The molecule has 0 aliphatic carbocycles. The fraction of sp³-hybridized carbons (Fsp3) is 0.321. The van der Waals surface area contributed by atoms with Crippen LogP contribution in [0.1, 0.15) is 23.2 Å². The maximum Gasteiger partial charge on any atom is 0.341 e. The predicted molar refractivity (Wildman–Crippen MR) is 150 cm³/mol. The molecule has 1 aliphatic heterocycles. The lowest BCUT2D eigenvalue weighted by atomic mass is 10.1. The Labute approximate surface area is 221 Å². The Hall–Kier alpha value is -4.31. The summed E-state index contributed by atoms with van der Waals surface area (Å²) in [5.41, 5.74) is 11.0. The first-order valence-electron chi connectivity index (χ1n) is 12.6. The van der Waals surface area contributed by atoms with Crippen LogP contribution in [0.4, 0.5) is 23.0 Å². The molecule has 1 fully saturated rings. The largest absolute Gasteiger partial charge is 0.494 e. The molecule has 0 saturated carbocycles. The molecule has 4 aromatic rings. The van der Waals surface area contributed by atoms with E-state index in [1.807, 2.05) is 48.1 Å². The van der Waals surface area contributed by atoms with Crippen molar-refractivity contribution >= 4 is 39.9 Å². The van der Waals surface area contributed by atoms with Gasteiger partial charge in [-0.15, -0.1) is 0 Å². The number of anilines is 4. The number of nitrogens with two attached hydrogens (primary N) is 1. The summed E-state index contributed by atoms with van der Waals surface area (Å²) in [6.07, 6.45) is 5.80. The van der Waals surface area contributed by atoms with E-state index in [4.69, 9.17) is 20.2 Å². The molecule has 5 rings (SSSR count). The van der Waals surface area contributed by atoms with Crippen molar-refractivity contribution in [1.82, 2.24) is 19.4 Å². The van der Waals surface area contributed by atoms with E-state index in [2.05, 4.69) is 27.6 Å². The normalized spacial score (nSPS) is 15.5. The number of nitrogens with one attached hydrogen (secondary N) is 2. The van der Waals surface area contributed by atoms with Gasteiger partial charge in [-0.3, -0.25) is 0 Å². The zero-order valence-corrected chi connectivity index (χ0v) is 22.1. The van der Waals surface area contributed by atoms with Crippen molar-refractivity contribution in [3.8, 4) is 17.0 Å². The van der Waals surface area contributed by atoms with Crippen LogP contribution in [0, 0.1) is 0 Å². The molecule has 3 heterocycles. The molecule has 0 amide bonds. The van der Waals surface area contributed by atoms with Gasteiger partial charge >= 0.3 is 5.97 Å². The SMILES string of the molecule is COC(=O)c1cnc(Nc2cc(N)c(NCC3CCCN3C)cc2OC)nc1-c1cn(C)c2ccccc12. The van der Waals surface area contributed by atoms with Crippen LogP contribution in [-0.2, 0) is 11.8 Å². The van der Waals surface area contributed by atoms with Crippen molar-refractivity contribution < 1.29 is 14.3 Å². The highest BCUT2D eigenvalue weighted by Gasteiger charge is 2.22. The minimum Gasteiger partial charge on any atom is -0.494 e. The molecule has 4 N–H and O–H groups in total. The molecule has 1 atom stereocenters. The van der Waals surface area contributed by atoms with Crippen LogP contribution in [0.15, 0.2) is 48.8 Å². The number of methoxy groups -OCH3 is 2. The predicted octanol–water partition coefficient (Wildman–Crippen LogP) is 4.26. The lowest BCUT2D eigenvalue weighted by Crippen LogP contribution is -2.31. The Kier molecular flexibility index (Phi) is 7.06. The van der Waals surface area contributed by atoms with Gasteiger partial charge in [-0.05, 0) is 38.6 Å². The van der Waals surface area contributed by atoms with Gasteiger partial charge in [0.05, 0.1) is 37.0 Å². The zero-order chi connectivity index (χ0) is 26.8. The van der Waals surface area contributed by atoms with Crippen LogP contribution in [0.5, 0.6) is 5.75 Å². The molecule has 2 aromatic heterocycles. The van der Waals surface area contributed by atoms with E-state index >= 15 is 0 Å². The number of carbonyl (C=O) groups excluding carboxylic acids is 1. The number of aromatic nitrogens is 3. The molecule has 2 aromatic carbocycles. The summed E-state index contributed by atoms with van der Waals surface area (Å²) in [6, 6.07) is 12.1. The van der Waals surface area contributed by atoms with Gasteiger partial charge in [-0.2, -0.15) is 0 Å². The van der Waals surface area contributed by atoms with Gasteiger partial charge in [-0.1, -0.05) is 18.2 Å². The van der Waals surface area contributed by atoms with E-state index in [9.17, 15) is 4.79 Å². The summed E-state index contributed by atoms with van der Waals surface area (Å²) < 4.78 is 12.7. The Bertz CT molecular complexity index is 1480. The number of likely N-dealkylation sites (tertiary alicyclic amines) is 1. The summed E-state index contributed by atoms with van der Waals surface area (Å²) >= 11 is 0. The van der Waals surface area contributed by atoms with Crippen molar-refractivity contribution in [1.29, 1.82) is 0 Å². The molecule has 0 spiro atoms. The maximum absolute atomic E-state index is 12.6. The molecule has 0 radical (unpaired) electrons. The minimum absolute atomic E-state index is 0.275. The van der Waals surface area contributed by atoms with E-state index in [1.165, 1.54) is 19.7 Å². The second kappa shape index (κ2) is 10.6. The van der Waals surface area contributed by atoms with E-state index in [-0.39, 0.29) is 5.56 Å². The van der Waals surface area contributed by atoms with Crippen molar-refractivity contribution in [3.05, 3.63) is 54.4 Å². The average Bonchev–Trinajstić information content (AvgIpc) is 3.50. The third-order valence-corrected chi connectivity index (χ3v) is 7.16. The van der Waals surface area contributed by atoms with Crippen molar-refractivity contribution in [2.75, 3.05) is 50.7 Å². The molecule has 0 bridgehead atoms. The van der Waals surface area contributed by atoms with Gasteiger partial charge in [0.15, 0.2) is 0 Å². The summed E-state index contributed by atoms with van der Waals surface area (Å²) in [5.74, 6) is 0.380. The number of benzene rings is 2. The number of nitrogens with zero attached hydrogens (tertiary/aromatic N) is 4. The van der Waals surface area contributed by atoms with E-state index < -0.39 is 5.97 Å². The van der Waals surface area contributed by atoms with E-state index in [0.29, 0.717) is 34.8 Å². The standard InChI is InChI=1S/C28H33N7O3/c1-34-11-7-8-17(34)14-30-22-13-25(37-3)23(12-21(22)29)32-28-31-15-19(27(36)38-4)26(33-28)20-16-35(2)24-10-6-5-9-18(20)24/h5-6,9-10,12-13,15-17,30H,7-8,11,14,29H2,1-4H3,(H,31,32,33). The molecule has 1 aliphatic rings. The number of rotatable bonds is 8. The Morgan fingerprint density at radius 1 is 1.18 bits per heavy atom. The number of hydrogen-bond acceptors (Lipinski definition) is 9. The number of ether oxygens (including phenoxy) is 2. The Morgan fingerprint density at radius 2 is 2.00 bits per heavy atom. The summed E-state index contributed by atoms with van der Waals surface area (Å²) in [5, 5.41) is 7.66. The van der Waals surface area contributed by atoms with Gasteiger partial charge in [0.1, 0.15) is 11.3 Å². The van der Waals surface area contributed by atoms with Crippen LogP contribution in [-0.4, -0.2) is 65.8 Å². The number of esters is 1. The third-order valence-electron chi connectivity index (χ3n) is 7.16. The fourth-order valence-corrected chi connectivity index (χ4v) is 5.04. The van der Waals surface area contributed by atoms with Gasteiger partial charge in [-0.25, -0.2) is 14.8 Å². The Morgan fingerprint density at radius 3 is 2.74 bits per heavy atom. The van der Waals surface area contributed by atoms with Crippen LogP contribution in [0.2, 0.25) is 0 Å². The number of nitrogen functional groups attached to an aromatic ring is 1. The molecular formula is C28H33N7O3. The summed E-state index contributed by atoms with van der Waals surface area (Å²) in [7, 11) is 7.05.